The maximum atomic E-state index is 12.9. The Labute approximate surface area is 334 Å². The SMILES string of the molecule is C=C[C@H]1[C@H](O[C@@H]2O[C@H](CO)[C@@H](O)[C@H](O)[C@H]2O)OC=C(C(=O)OC)[C@H]1C[C@H](OC)OC[C@H]1O[C@@H](O[C@@H]2OC=C(C(=O)OC)[C@@H](CC(OC)OC)[C@H]2C=C)[C@H](O)[C@@H](O)[C@@H]1O. The fourth-order valence-corrected chi connectivity index (χ4v) is 7.18. The van der Waals surface area contributed by atoms with Crippen molar-refractivity contribution < 1.29 is 102 Å². The Morgan fingerprint density at radius 1 is 0.638 bits per heavy atom. The average molecular weight is 837 g/mol. The molecule has 17 atom stereocenters. The van der Waals surface area contributed by atoms with Crippen molar-refractivity contribution in [3.8, 4) is 0 Å². The van der Waals surface area contributed by atoms with Crippen LogP contribution in [-0.2, 0) is 66.4 Å². The van der Waals surface area contributed by atoms with Crippen LogP contribution < -0.4 is 0 Å². The minimum absolute atomic E-state index is 0.0157. The molecule has 2 saturated heterocycles. The molecule has 4 rings (SSSR count). The molecular formula is C37H56O21. The van der Waals surface area contributed by atoms with Crippen molar-refractivity contribution in [2.75, 3.05) is 48.8 Å². The third-order valence-corrected chi connectivity index (χ3v) is 10.6. The predicted molar refractivity (Wildman–Crippen MR) is 191 cm³/mol. The van der Waals surface area contributed by atoms with E-state index in [-0.39, 0.29) is 24.0 Å². The van der Waals surface area contributed by atoms with Crippen LogP contribution in [0.1, 0.15) is 12.8 Å². The van der Waals surface area contributed by atoms with Gasteiger partial charge in [0.25, 0.3) is 0 Å². The quantitative estimate of drug-likeness (QED) is 0.0408. The van der Waals surface area contributed by atoms with E-state index in [9.17, 15) is 45.3 Å². The normalized spacial score (nSPS) is 38.4. The van der Waals surface area contributed by atoms with E-state index in [0.29, 0.717) is 0 Å². The lowest BCUT2D eigenvalue weighted by Gasteiger charge is -2.44. The van der Waals surface area contributed by atoms with Gasteiger partial charge in [-0.15, -0.1) is 13.2 Å². The van der Waals surface area contributed by atoms with Gasteiger partial charge < -0.3 is 92.6 Å². The molecule has 2 fully saturated rings. The molecule has 0 aliphatic carbocycles. The zero-order valence-corrected chi connectivity index (χ0v) is 32.8. The van der Waals surface area contributed by atoms with Crippen molar-refractivity contribution in [1.82, 2.24) is 0 Å². The van der Waals surface area contributed by atoms with Crippen molar-refractivity contribution >= 4 is 11.9 Å². The highest BCUT2D eigenvalue weighted by atomic mass is 16.8. The van der Waals surface area contributed by atoms with Gasteiger partial charge in [0.05, 0.1) is 51.1 Å². The average Bonchev–Trinajstić information content (AvgIpc) is 3.24. The van der Waals surface area contributed by atoms with E-state index in [2.05, 4.69) is 13.2 Å². The lowest BCUT2D eigenvalue weighted by molar-refractivity contribution is -0.344. The highest BCUT2D eigenvalue weighted by Crippen LogP contribution is 2.40. The van der Waals surface area contributed by atoms with Crippen LogP contribution in [0.4, 0.5) is 0 Å². The second kappa shape index (κ2) is 21.9. The zero-order valence-electron chi connectivity index (χ0n) is 32.8. The van der Waals surface area contributed by atoms with E-state index in [1.165, 1.54) is 40.6 Å². The number of carbonyl (C=O) groups excluding carboxylic acids is 2. The molecule has 330 valence electrons. The van der Waals surface area contributed by atoms with Crippen LogP contribution in [0.3, 0.4) is 0 Å². The third-order valence-electron chi connectivity index (χ3n) is 10.6. The number of hydrogen-bond acceptors (Lipinski definition) is 21. The van der Waals surface area contributed by atoms with Crippen molar-refractivity contribution in [2.24, 2.45) is 23.7 Å². The minimum Gasteiger partial charge on any atom is -0.471 e. The minimum atomic E-state index is -1.79. The van der Waals surface area contributed by atoms with Crippen LogP contribution in [0.25, 0.3) is 0 Å². The smallest absolute Gasteiger partial charge is 0.337 e. The van der Waals surface area contributed by atoms with Crippen LogP contribution in [0, 0.1) is 23.7 Å². The van der Waals surface area contributed by atoms with E-state index >= 15 is 0 Å². The molecule has 0 aromatic heterocycles. The lowest BCUT2D eigenvalue weighted by atomic mass is 9.81. The second-order valence-electron chi connectivity index (χ2n) is 13.8. The van der Waals surface area contributed by atoms with E-state index in [1.54, 1.807) is 0 Å². The van der Waals surface area contributed by atoms with Crippen LogP contribution in [-0.4, -0.2) is 183 Å². The first-order valence-electron chi connectivity index (χ1n) is 18.4. The Morgan fingerprint density at radius 3 is 1.45 bits per heavy atom. The molecule has 4 aliphatic rings. The first-order valence-corrected chi connectivity index (χ1v) is 18.4. The fraction of sp³-hybridized carbons (Fsp3) is 0.730. The molecule has 0 bridgehead atoms. The van der Waals surface area contributed by atoms with Gasteiger partial charge >= 0.3 is 11.9 Å². The molecule has 0 radical (unpaired) electrons. The highest BCUT2D eigenvalue weighted by Gasteiger charge is 2.50. The van der Waals surface area contributed by atoms with Gasteiger partial charge in [-0.05, 0) is 0 Å². The summed E-state index contributed by atoms with van der Waals surface area (Å²) in [5, 5.41) is 73.3. The van der Waals surface area contributed by atoms with Crippen molar-refractivity contribution in [3.63, 3.8) is 0 Å². The number of aliphatic hydroxyl groups is 7. The second-order valence-corrected chi connectivity index (χ2v) is 13.8. The standard InChI is InChI=1S/C37H56O21/c1-8-16-18(10-24(47-3)48-4)20(32(45)50-6)13-53-34(16)58-37-31(44)29(42)27(40)23(56-37)15-52-25(49-5)11-19-17(9-2)35(54-14-21(19)33(46)51-7)57-36-30(43)28(41)26(39)22(12-38)55-36/h8-9,13-14,16-19,22-31,34-44H,1-2,10-12,15H2,3-7H3/t16-,17-,18+,19+,22-,23-,25-,26-,27-,28+,29+,30-,31-,34+,35+,36+,37+/m1/s1. The number of esters is 2. The van der Waals surface area contributed by atoms with Gasteiger partial charge in [0.15, 0.2) is 25.2 Å². The lowest BCUT2D eigenvalue weighted by Crippen LogP contribution is -2.60. The summed E-state index contributed by atoms with van der Waals surface area (Å²) in [5.41, 5.74) is 0.158. The summed E-state index contributed by atoms with van der Waals surface area (Å²) in [4.78, 5) is 25.5. The molecule has 0 amide bonds. The maximum Gasteiger partial charge on any atom is 0.337 e. The number of rotatable bonds is 19. The number of hydrogen-bond donors (Lipinski definition) is 7. The summed E-state index contributed by atoms with van der Waals surface area (Å²) in [6.45, 7) is 6.54. The van der Waals surface area contributed by atoms with E-state index < -0.39 is 135 Å². The summed E-state index contributed by atoms with van der Waals surface area (Å²) in [5.74, 6) is -4.65. The molecule has 21 heteroatoms. The van der Waals surface area contributed by atoms with Gasteiger partial charge in [-0.3, -0.25) is 0 Å². The van der Waals surface area contributed by atoms with Crippen LogP contribution >= 0.6 is 0 Å². The largest absolute Gasteiger partial charge is 0.471 e. The zero-order chi connectivity index (χ0) is 42.8. The molecular weight excluding hydrogens is 780 g/mol. The Balaban J connectivity index is 1.49. The molecule has 4 heterocycles. The number of carbonyl (C=O) groups is 2. The van der Waals surface area contributed by atoms with Crippen molar-refractivity contribution in [3.05, 3.63) is 49.0 Å². The predicted octanol–water partition coefficient (Wildman–Crippen LogP) is -2.32. The monoisotopic (exact) mass is 836 g/mol. The Hall–Kier alpha value is -3.10. The molecule has 0 spiro atoms. The molecule has 0 saturated carbocycles. The number of aliphatic hydroxyl groups excluding tert-OH is 7. The molecule has 58 heavy (non-hydrogen) atoms. The number of methoxy groups -OCH3 is 5. The maximum absolute atomic E-state index is 12.9. The summed E-state index contributed by atoms with van der Waals surface area (Å²) in [7, 11) is 6.52. The van der Waals surface area contributed by atoms with Crippen molar-refractivity contribution in [2.45, 2.75) is 99.4 Å². The van der Waals surface area contributed by atoms with Gasteiger partial charge in [0.2, 0.25) is 12.6 Å². The first-order chi connectivity index (χ1) is 27.7. The van der Waals surface area contributed by atoms with Gasteiger partial charge in [0, 0.05) is 57.8 Å². The molecule has 7 N–H and O–H groups in total. The Bertz CT molecular complexity index is 1420. The summed E-state index contributed by atoms with van der Waals surface area (Å²) in [6, 6.07) is 0. The van der Waals surface area contributed by atoms with Crippen LogP contribution in [0.15, 0.2) is 49.0 Å². The van der Waals surface area contributed by atoms with Crippen LogP contribution in [0.5, 0.6) is 0 Å². The highest BCUT2D eigenvalue weighted by molar-refractivity contribution is 5.89. The van der Waals surface area contributed by atoms with E-state index in [1.807, 2.05) is 0 Å². The topological polar surface area (TPSA) is 287 Å². The number of ether oxygens (including phenoxy) is 12. The van der Waals surface area contributed by atoms with Crippen molar-refractivity contribution in [1.29, 1.82) is 0 Å². The molecule has 4 aliphatic heterocycles. The van der Waals surface area contributed by atoms with Crippen LogP contribution in [0.2, 0.25) is 0 Å². The molecule has 21 nitrogen and oxygen atoms in total. The van der Waals surface area contributed by atoms with E-state index in [0.717, 1.165) is 19.6 Å². The molecule has 0 aromatic carbocycles. The Kier molecular flexibility index (Phi) is 18.0. The molecule has 0 aromatic rings. The molecule has 0 unspecified atom stereocenters. The fourth-order valence-electron chi connectivity index (χ4n) is 7.18. The summed E-state index contributed by atoms with van der Waals surface area (Å²) < 4.78 is 66.8. The Morgan fingerprint density at radius 2 is 1.05 bits per heavy atom. The van der Waals surface area contributed by atoms with Gasteiger partial charge in [-0.1, -0.05) is 12.2 Å². The van der Waals surface area contributed by atoms with Gasteiger partial charge in [-0.2, -0.15) is 0 Å². The van der Waals surface area contributed by atoms with E-state index in [4.69, 9.17) is 56.8 Å². The third kappa shape index (κ3) is 10.6. The van der Waals surface area contributed by atoms with Gasteiger partial charge in [-0.25, -0.2) is 9.59 Å². The summed E-state index contributed by atoms with van der Waals surface area (Å²) in [6.07, 6.45) is -15.5. The van der Waals surface area contributed by atoms with Gasteiger partial charge in [0.1, 0.15) is 48.8 Å². The summed E-state index contributed by atoms with van der Waals surface area (Å²) >= 11 is 0. The first kappa shape index (κ1) is 47.6.